The topological polar surface area (TPSA) is 83.1 Å². The molecule has 0 saturated heterocycles. The number of benzene rings is 2. The van der Waals surface area contributed by atoms with Crippen molar-refractivity contribution in [1.29, 1.82) is 0 Å². The summed E-state index contributed by atoms with van der Waals surface area (Å²) in [6.07, 6.45) is 3.61. The van der Waals surface area contributed by atoms with Crippen LogP contribution in [0.1, 0.15) is 23.6 Å². The molecule has 1 heterocycles. The summed E-state index contributed by atoms with van der Waals surface area (Å²) >= 11 is 0. The third-order valence-electron chi connectivity index (χ3n) is 4.61. The van der Waals surface area contributed by atoms with Gasteiger partial charge < -0.3 is 24.3 Å². The Kier molecular flexibility index (Phi) is 6.95. The molecule has 0 aromatic heterocycles. The van der Waals surface area contributed by atoms with Crippen molar-refractivity contribution in [1.82, 2.24) is 0 Å². The fourth-order valence-corrected chi connectivity index (χ4v) is 3.12. The van der Waals surface area contributed by atoms with Gasteiger partial charge in [-0.1, -0.05) is 25.1 Å². The third kappa shape index (κ3) is 5.11. The number of carbonyl (C=O) groups is 2. The van der Waals surface area contributed by atoms with Gasteiger partial charge in [0.1, 0.15) is 13.2 Å². The number of carbonyl (C=O) groups excluding carboxylic acids is 2. The quantitative estimate of drug-likeness (QED) is 0.554. The number of hydrogen-bond donors (Lipinski definition) is 1. The highest BCUT2D eigenvalue weighted by molar-refractivity contribution is 5.95. The molecule has 0 spiro atoms. The summed E-state index contributed by atoms with van der Waals surface area (Å²) in [5.74, 6) is 0.603. The van der Waals surface area contributed by atoms with E-state index in [1.165, 1.54) is 13.2 Å². The number of hydrogen-bond acceptors (Lipinski definition) is 6. The molecule has 0 saturated carbocycles. The molecular formula is C23H25NO6. The van der Waals surface area contributed by atoms with Crippen LogP contribution in [0.3, 0.4) is 0 Å². The van der Waals surface area contributed by atoms with Crippen molar-refractivity contribution in [3.63, 3.8) is 0 Å². The highest BCUT2D eigenvalue weighted by Gasteiger charge is 2.18. The average Bonchev–Trinajstić information content (AvgIpc) is 2.77. The van der Waals surface area contributed by atoms with Gasteiger partial charge in [0.2, 0.25) is 5.75 Å². The molecule has 0 fully saturated rings. The van der Waals surface area contributed by atoms with Gasteiger partial charge in [0.25, 0.3) is 5.91 Å². The minimum Gasteiger partial charge on any atom is -0.493 e. The van der Waals surface area contributed by atoms with E-state index in [1.54, 1.807) is 18.2 Å². The molecule has 158 valence electrons. The van der Waals surface area contributed by atoms with Gasteiger partial charge in [-0.3, -0.25) is 4.79 Å². The maximum atomic E-state index is 12.2. The molecular weight excluding hydrogens is 386 g/mol. The Morgan fingerprint density at radius 1 is 1.20 bits per heavy atom. The largest absolute Gasteiger partial charge is 0.493 e. The van der Waals surface area contributed by atoms with E-state index >= 15 is 0 Å². The maximum Gasteiger partial charge on any atom is 0.331 e. The number of nitrogens with one attached hydrogen (secondary N) is 1. The summed E-state index contributed by atoms with van der Waals surface area (Å²) in [6, 6.07) is 9.30. The molecule has 2 aromatic rings. The van der Waals surface area contributed by atoms with Crippen LogP contribution in [0.25, 0.3) is 6.08 Å². The maximum absolute atomic E-state index is 12.2. The van der Waals surface area contributed by atoms with Crippen molar-refractivity contribution >= 4 is 23.6 Å². The normalized spacial score (nSPS) is 12.5. The van der Waals surface area contributed by atoms with Crippen molar-refractivity contribution in [3.8, 4) is 17.2 Å². The molecule has 30 heavy (non-hydrogen) atoms. The monoisotopic (exact) mass is 411 g/mol. The number of para-hydroxylation sites is 1. The SMILES string of the molecule is CCc1cccc(C)c1NC(=O)COC(=O)/C=C/c1cc(OC)c2c(c1)OCCO2. The van der Waals surface area contributed by atoms with Crippen LogP contribution >= 0.6 is 0 Å². The molecule has 7 heteroatoms. The smallest absolute Gasteiger partial charge is 0.331 e. The van der Waals surface area contributed by atoms with Gasteiger partial charge in [-0.05, 0) is 48.2 Å². The fourth-order valence-electron chi connectivity index (χ4n) is 3.12. The Labute approximate surface area is 175 Å². The van der Waals surface area contributed by atoms with Crippen LogP contribution in [0.4, 0.5) is 5.69 Å². The van der Waals surface area contributed by atoms with E-state index in [9.17, 15) is 9.59 Å². The number of aryl methyl sites for hydroxylation is 2. The molecule has 0 aliphatic carbocycles. The van der Waals surface area contributed by atoms with Crippen LogP contribution in [0.2, 0.25) is 0 Å². The van der Waals surface area contributed by atoms with Crippen molar-refractivity contribution in [2.24, 2.45) is 0 Å². The van der Waals surface area contributed by atoms with Crippen molar-refractivity contribution in [3.05, 3.63) is 53.1 Å². The van der Waals surface area contributed by atoms with E-state index in [4.69, 9.17) is 18.9 Å². The van der Waals surface area contributed by atoms with E-state index in [2.05, 4.69) is 5.32 Å². The molecule has 0 atom stereocenters. The molecule has 1 amide bonds. The Morgan fingerprint density at radius 2 is 2.00 bits per heavy atom. The second-order valence-electron chi connectivity index (χ2n) is 6.70. The van der Waals surface area contributed by atoms with Crippen LogP contribution in [0.15, 0.2) is 36.4 Å². The number of methoxy groups -OCH3 is 1. The number of ether oxygens (including phenoxy) is 4. The summed E-state index contributed by atoms with van der Waals surface area (Å²) in [6.45, 7) is 4.47. The standard InChI is InChI=1S/C23H25NO6/c1-4-17-7-5-6-15(2)22(17)24-20(25)14-30-21(26)9-8-16-12-18(27-3)23-19(13-16)28-10-11-29-23/h5-9,12-13H,4,10-11,14H2,1-3H3,(H,24,25)/b9-8+. The van der Waals surface area contributed by atoms with Gasteiger partial charge >= 0.3 is 5.97 Å². The van der Waals surface area contributed by atoms with Crippen molar-refractivity contribution < 1.29 is 28.5 Å². The summed E-state index contributed by atoms with van der Waals surface area (Å²) in [7, 11) is 1.53. The first-order chi connectivity index (χ1) is 14.5. The zero-order valence-corrected chi connectivity index (χ0v) is 17.3. The van der Waals surface area contributed by atoms with Gasteiger partial charge in [-0.2, -0.15) is 0 Å². The van der Waals surface area contributed by atoms with Gasteiger partial charge in [-0.25, -0.2) is 4.79 Å². The van der Waals surface area contributed by atoms with E-state index < -0.39 is 5.97 Å². The minimum absolute atomic E-state index is 0.370. The molecule has 7 nitrogen and oxygen atoms in total. The lowest BCUT2D eigenvalue weighted by molar-refractivity contribution is -0.142. The Hall–Kier alpha value is -3.48. The number of fused-ring (bicyclic) bond motifs is 1. The van der Waals surface area contributed by atoms with Crippen LogP contribution in [-0.4, -0.2) is 38.8 Å². The number of amides is 1. The summed E-state index contributed by atoms with van der Waals surface area (Å²) < 4.78 is 21.5. The van der Waals surface area contributed by atoms with Gasteiger partial charge in [0.15, 0.2) is 18.1 Å². The van der Waals surface area contributed by atoms with E-state index in [0.717, 1.165) is 23.2 Å². The van der Waals surface area contributed by atoms with E-state index in [-0.39, 0.29) is 12.5 Å². The van der Waals surface area contributed by atoms with Gasteiger partial charge in [-0.15, -0.1) is 0 Å². The molecule has 3 rings (SSSR count). The molecule has 0 bridgehead atoms. The molecule has 1 aliphatic heterocycles. The lowest BCUT2D eigenvalue weighted by atomic mass is 10.1. The molecule has 1 aliphatic rings. The number of rotatable bonds is 7. The highest BCUT2D eigenvalue weighted by atomic mass is 16.6. The predicted octanol–water partition coefficient (Wildman–Crippen LogP) is 3.53. The summed E-state index contributed by atoms with van der Waals surface area (Å²) in [5.41, 5.74) is 3.44. The van der Waals surface area contributed by atoms with Gasteiger partial charge in [0, 0.05) is 11.8 Å². The first-order valence-electron chi connectivity index (χ1n) is 9.72. The highest BCUT2D eigenvalue weighted by Crippen LogP contribution is 2.40. The molecule has 2 aromatic carbocycles. The predicted molar refractivity (Wildman–Crippen MR) is 113 cm³/mol. The second kappa shape index (κ2) is 9.82. The molecule has 1 N–H and O–H groups in total. The number of anilines is 1. The summed E-state index contributed by atoms with van der Waals surface area (Å²) in [5, 5.41) is 2.82. The lowest BCUT2D eigenvalue weighted by Crippen LogP contribution is -2.21. The van der Waals surface area contributed by atoms with Crippen LogP contribution in [-0.2, 0) is 20.7 Å². The lowest BCUT2D eigenvalue weighted by Gasteiger charge is -2.20. The number of esters is 1. The zero-order valence-electron chi connectivity index (χ0n) is 17.3. The zero-order chi connectivity index (χ0) is 21.5. The minimum atomic E-state index is -0.625. The van der Waals surface area contributed by atoms with E-state index in [1.807, 2.05) is 32.0 Å². The summed E-state index contributed by atoms with van der Waals surface area (Å²) in [4.78, 5) is 24.2. The Balaban J connectivity index is 1.58. The van der Waals surface area contributed by atoms with Crippen LogP contribution < -0.4 is 19.5 Å². The van der Waals surface area contributed by atoms with Crippen LogP contribution in [0, 0.1) is 6.92 Å². The second-order valence-corrected chi connectivity index (χ2v) is 6.70. The van der Waals surface area contributed by atoms with Crippen LogP contribution in [0.5, 0.6) is 17.2 Å². The molecule has 0 unspecified atom stereocenters. The Morgan fingerprint density at radius 3 is 2.77 bits per heavy atom. The first kappa shape index (κ1) is 21.2. The Bertz CT molecular complexity index is 949. The first-order valence-corrected chi connectivity index (χ1v) is 9.72. The molecule has 0 radical (unpaired) electrons. The van der Waals surface area contributed by atoms with Gasteiger partial charge in [0.05, 0.1) is 7.11 Å². The van der Waals surface area contributed by atoms with E-state index in [0.29, 0.717) is 36.0 Å². The van der Waals surface area contributed by atoms with Crippen molar-refractivity contribution in [2.75, 3.05) is 32.2 Å². The van der Waals surface area contributed by atoms with Crippen molar-refractivity contribution in [2.45, 2.75) is 20.3 Å². The third-order valence-corrected chi connectivity index (χ3v) is 4.61. The fraction of sp³-hybridized carbons (Fsp3) is 0.304. The average molecular weight is 411 g/mol.